The number of nitrogens with one attached hydrogen (secondary N) is 1. The molecule has 5 N–H and O–H groups in total. The van der Waals surface area contributed by atoms with Crippen molar-refractivity contribution >= 4 is 0 Å². The highest BCUT2D eigenvalue weighted by Crippen LogP contribution is 2.40. The number of rotatable bonds is 12. The average molecular weight is 1080 g/mol. The zero-order valence-corrected chi connectivity index (χ0v) is 47.9. The first kappa shape index (κ1) is 55.1. The lowest BCUT2D eigenvalue weighted by Gasteiger charge is -2.13. The van der Waals surface area contributed by atoms with Gasteiger partial charge in [0, 0.05) is 59.1 Å². The Morgan fingerprint density at radius 2 is 0.900 bits per heavy atom. The lowest BCUT2D eigenvalue weighted by atomic mass is 9.93. The maximum absolute atomic E-state index is 11.7. The fourth-order valence-corrected chi connectivity index (χ4v) is 12.6. The van der Waals surface area contributed by atoms with Crippen LogP contribution in [0.25, 0.3) is 0 Å². The van der Waals surface area contributed by atoms with E-state index in [1.807, 2.05) is 57.0 Å². The highest BCUT2D eigenvalue weighted by atomic mass is 16.6. The zero-order valence-electron chi connectivity index (χ0n) is 47.9. The maximum Gasteiger partial charge on any atom is 0.414 e. The van der Waals surface area contributed by atoms with Gasteiger partial charge < -0.3 is 25.4 Å². The molecule has 12 rings (SSSR count). The molecule has 0 unspecified atom stereocenters. The van der Waals surface area contributed by atoms with Crippen molar-refractivity contribution in [2.75, 3.05) is 0 Å². The Morgan fingerprint density at radius 1 is 0.500 bits per heavy atom. The molecule has 0 amide bonds. The summed E-state index contributed by atoms with van der Waals surface area (Å²) in [5.41, 5.74) is 26.2. The van der Waals surface area contributed by atoms with Crippen LogP contribution in [0.2, 0.25) is 0 Å². The van der Waals surface area contributed by atoms with Crippen LogP contribution in [-0.2, 0) is 77.4 Å². The highest BCUT2D eigenvalue weighted by molar-refractivity contribution is 5.56. The fraction of sp³-hybridized carbons (Fsp3) is 0.391. The summed E-state index contributed by atoms with van der Waals surface area (Å²) in [6.07, 6.45) is 11.4. The van der Waals surface area contributed by atoms with E-state index in [1.54, 1.807) is 6.92 Å². The van der Waals surface area contributed by atoms with Crippen LogP contribution in [0, 0.1) is 69.2 Å². The number of fused-ring (bicyclic) bond motifs is 3. The van der Waals surface area contributed by atoms with Crippen LogP contribution in [0.4, 0.5) is 0 Å². The van der Waals surface area contributed by atoms with Crippen LogP contribution in [0.5, 0.6) is 23.3 Å². The third kappa shape index (κ3) is 11.3. The SMILES string of the molecule is Cc1cc(Cc2c(C)nn(Cc3ccccc3)c2C)c2c(c1O)CCC2.Cc1cc(Cc2c(C)nn(Cc3noc(O)n3)c2C)c2c(c1O)CCC2.Cc1nc(Cn2nc(C)c(Cc3cc(C)c(O)c4c3CCC4)c2C)cc(=O)[nH]1. The molecule has 0 saturated heterocycles. The van der Waals surface area contributed by atoms with Gasteiger partial charge in [0.2, 0.25) is 0 Å². The number of phenols is 3. The summed E-state index contributed by atoms with van der Waals surface area (Å²) in [5.74, 6) is 2.44. The van der Waals surface area contributed by atoms with Crippen LogP contribution in [-0.4, -0.2) is 69.9 Å². The molecule has 0 spiro atoms. The second kappa shape index (κ2) is 22.8. The Labute approximate surface area is 467 Å². The number of nitrogens with zero attached hydrogens (tertiary/aromatic N) is 9. The fourth-order valence-electron chi connectivity index (χ4n) is 12.6. The van der Waals surface area contributed by atoms with Gasteiger partial charge >= 0.3 is 6.08 Å². The Bertz CT molecular complexity index is 3860. The third-order valence-corrected chi connectivity index (χ3v) is 16.8. The topological polar surface area (TPSA) is 219 Å². The Morgan fingerprint density at radius 3 is 1.30 bits per heavy atom. The standard InChI is InChI=1S/C23H26N2O.C22H26N4O2.C19H22N4O3/c1-15-12-19(20-10-7-11-21(20)23(15)26)13-22-16(2)24-25(17(22)3)14-18-8-5-4-6-9-18;1-12-8-16(18-6-5-7-19(18)22(12)28)9-20-13(2)25-26(14(20)3)11-17-10-21(27)24-15(4)23-17;1-10-7-13(14-5-4-6-15(14)18(10)24)8-16-11(2)21-23(12(16)3)9-17-20-19(25)26-22-17/h4-6,8-9,12,26H,7,10-11,13-14H2,1-3H3;8,10,28H,5-7,9,11H2,1-4H3,(H,23,24,27);7,24H,4-6,8-9H2,1-3H3,(H,20,22,25). The average Bonchev–Trinajstić information content (AvgIpc) is 4.35. The summed E-state index contributed by atoms with van der Waals surface area (Å²) in [7, 11) is 0. The first-order valence-electron chi connectivity index (χ1n) is 28.0. The predicted octanol–water partition coefficient (Wildman–Crippen LogP) is 10.4. The van der Waals surface area contributed by atoms with Crippen molar-refractivity contribution in [3.8, 4) is 23.3 Å². The molecule has 5 aromatic heterocycles. The van der Waals surface area contributed by atoms with E-state index in [2.05, 4.69) is 97.6 Å². The van der Waals surface area contributed by atoms with Gasteiger partial charge in [0.15, 0.2) is 5.82 Å². The summed E-state index contributed by atoms with van der Waals surface area (Å²) in [4.78, 5) is 22.6. The van der Waals surface area contributed by atoms with Crippen LogP contribution in [0.3, 0.4) is 0 Å². The number of phenolic OH excluding ortho intramolecular Hbond substituents is 3. The minimum atomic E-state index is -0.433. The lowest BCUT2D eigenvalue weighted by Crippen LogP contribution is -2.14. The van der Waals surface area contributed by atoms with Crippen molar-refractivity contribution in [1.29, 1.82) is 0 Å². The first-order valence-corrected chi connectivity index (χ1v) is 28.0. The third-order valence-electron chi connectivity index (χ3n) is 16.8. The van der Waals surface area contributed by atoms with E-state index in [9.17, 15) is 25.2 Å². The molecular formula is C64H74N10O6. The second-order valence-electron chi connectivity index (χ2n) is 22.3. The van der Waals surface area contributed by atoms with Crippen molar-refractivity contribution in [3.05, 3.63) is 205 Å². The van der Waals surface area contributed by atoms with Crippen molar-refractivity contribution in [1.82, 2.24) is 49.5 Å². The summed E-state index contributed by atoms with van der Waals surface area (Å²) in [6.45, 7) is 21.8. The Balaban J connectivity index is 0.000000135. The van der Waals surface area contributed by atoms with Gasteiger partial charge in [-0.1, -0.05) is 53.7 Å². The number of H-pyrrole nitrogens is 1. The van der Waals surface area contributed by atoms with Gasteiger partial charge in [-0.15, -0.1) is 0 Å². The van der Waals surface area contributed by atoms with Gasteiger partial charge in [-0.05, 0) is 199 Å². The molecular weight excluding hydrogens is 1000 g/mol. The van der Waals surface area contributed by atoms with E-state index in [4.69, 9.17) is 10.2 Å². The quantitative estimate of drug-likeness (QED) is 0.0772. The summed E-state index contributed by atoms with van der Waals surface area (Å²) < 4.78 is 10.5. The molecule has 3 aliphatic rings. The molecule has 0 radical (unpaired) electrons. The predicted molar refractivity (Wildman–Crippen MR) is 307 cm³/mol. The Hall–Kier alpha value is -8.27. The van der Waals surface area contributed by atoms with Crippen molar-refractivity contribution in [3.63, 3.8) is 0 Å². The molecule has 5 heterocycles. The van der Waals surface area contributed by atoms with Gasteiger partial charge in [0.1, 0.15) is 29.6 Å². The van der Waals surface area contributed by atoms with E-state index in [0.717, 1.165) is 140 Å². The zero-order chi connectivity index (χ0) is 56.7. The molecule has 4 aromatic carbocycles. The Kier molecular flexibility index (Phi) is 15.7. The molecule has 16 nitrogen and oxygen atoms in total. The number of aromatic amines is 1. The number of aromatic hydroxyl groups is 4. The van der Waals surface area contributed by atoms with Crippen LogP contribution >= 0.6 is 0 Å². The molecule has 80 heavy (non-hydrogen) atoms. The molecule has 0 saturated carbocycles. The monoisotopic (exact) mass is 1080 g/mol. The van der Waals surface area contributed by atoms with E-state index >= 15 is 0 Å². The number of aryl methyl sites for hydroxylation is 7. The number of benzene rings is 4. The van der Waals surface area contributed by atoms with Gasteiger partial charge in [0.05, 0.1) is 35.9 Å². The first-order chi connectivity index (χ1) is 38.3. The molecule has 0 atom stereocenters. The smallest absolute Gasteiger partial charge is 0.414 e. The molecule has 416 valence electrons. The molecule has 0 fully saturated rings. The highest BCUT2D eigenvalue weighted by Gasteiger charge is 2.26. The number of hydrogen-bond donors (Lipinski definition) is 5. The maximum atomic E-state index is 11.7. The van der Waals surface area contributed by atoms with E-state index in [-0.39, 0.29) is 5.56 Å². The van der Waals surface area contributed by atoms with Gasteiger partial charge in [-0.3, -0.25) is 23.4 Å². The van der Waals surface area contributed by atoms with Crippen LogP contribution < -0.4 is 5.56 Å². The van der Waals surface area contributed by atoms with Crippen molar-refractivity contribution in [2.45, 2.75) is 166 Å². The minimum absolute atomic E-state index is 0.139. The van der Waals surface area contributed by atoms with Crippen LogP contribution in [0.15, 0.2) is 63.9 Å². The van der Waals surface area contributed by atoms with Crippen molar-refractivity contribution < 1.29 is 24.9 Å². The number of aromatic nitrogens is 10. The molecule has 16 heteroatoms. The molecule has 0 bridgehead atoms. The van der Waals surface area contributed by atoms with E-state index < -0.39 is 6.08 Å². The van der Waals surface area contributed by atoms with Gasteiger partial charge in [-0.25, -0.2) is 4.98 Å². The number of hydrogen-bond acceptors (Lipinski definition) is 12. The van der Waals surface area contributed by atoms with Gasteiger partial charge in [0.25, 0.3) is 5.56 Å². The summed E-state index contributed by atoms with van der Waals surface area (Å²) in [5, 5.41) is 58.1. The minimum Gasteiger partial charge on any atom is -0.507 e. The second-order valence-corrected chi connectivity index (χ2v) is 22.3. The van der Waals surface area contributed by atoms with Crippen LogP contribution in [0.1, 0.15) is 160 Å². The van der Waals surface area contributed by atoms with E-state index in [0.29, 0.717) is 47.7 Å². The normalized spacial score (nSPS) is 13.2. The molecule has 0 aliphatic heterocycles. The summed E-state index contributed by atoms with van der Waals surface area (Å²) >= 11 is 0. The summed E-state index contributed by atoms with van der Waals surface area (Å²) in [6, 6.07) is 18.4. The van der Waals surface area contributed by atoms with E-state index in [1.165, 1.54) is 73.0 Å². The lowest BCUT2D eigenvalue weighted by molar-refractivity contribution is 0.266. The van der Waals surface area contributed by atoms with Crippen molar-refractivity contribution in [2.24, 2.45) is 0 Å². The van der Waals surface area contributed by atoms with Gasteiger partial charge in [-0.2, -0.15) is 20.3 Å². The molecule has 3 aliphatic carbocycles. The molecule has 9 aromatic rings. The largest absolute Gasteiger partial charge is 0.507 e.